The van der Waals surface area contributed by atoms with Gasteiger partial charge in [0, 0.05) is 42.7 Å². The zero-order valence-corrected chi connectivity index (χ0v) is 15.0. The minimum absolute atomic E-state index is 0.363. The van der Waals surface area contributed by atoms with E-state index in [1.807, 2.05) is 0 Å². The Morgan fingerprint density at radius 2 is 1.96 bits per heavy atom. The number of benzene rings is 1. The summed E-state index contributed by atoms with van der Waals surface area (Å²) in [5.74, 6) is 0.363. The number of nitrogens with zero attached hydrogens (tertiary/aromatic N) is 2. The molecule has 0 aliphatic carbocycles. The molecule has 3 heterocycles. The van der Waals surface area contributed by atoms with Gasteiger partial charge < -0.3 is 14.8 Å². The Bertz CT molecular complexity index is 717. The van der Waals surface area contributed by atoms with Gasteiger partial charge >= 0.3 is 0 Å². The lowest BCUT2D eigenvalue weighted by atomic mass is 10.1. The predicted molar refractivity (Wildman–Crippen MR) is 102 cm³/mol. The van der Waals surface area contributed by atoms with Crippen LogP contribution in [0.2, 0.25) is 0 Å². The van der Waals surface area contributed by atoms with E-state index in [9.17, 15) is 4.79 Å². The summed E-state index contributed by atoms with van der Waals surface area (Å²) in [6.07, 6.45) is 9.69. The van der Waals surface area contributed by atoms with Crippen molar-refractivity contribution in [2.24, 2.45) is 0 Å². The minimum Gasteiger partial charge on any atom is -0.361 e. The third-order valence-electron chi connectivity index (χ3n) is 5.88. The number of aromatic nitrogens is 1. The van der Waals surface area contributed by atoms with Gasteiger partial charge in [-0.1, -0.05) is 18.2 Å². The van der Waals surface area contributed by atoms with Crippen LogP contribution < -0.4 is 0 Å². The number of aromatic amines is 1. The first-order valence-electron chi connectivity index (χ1n) is 9.88. The molecular formula is C21H29N3O. The SMILES string of the molecule is O=C(CCCc1c[nH]c2ccccc12)N1CCCC1CN1CCCC1. The first-order valence-corrected chi connectivity index (χ1v) is 9.88. The number of hydrogen-bond acceptors (Lipinski definition) is 2. The molecule has 1 atom stereocenters. The van der Waals surface area contributed by atoms with Gasteiger partial charge in [-0.05, 0) is 63.2 Å². The van der Waals surface area contributed by atoms with Crippen molar-refractivity contribution < 1.29 is 4.79 Å². The Labute approximate surface area is 150 Å². The van der Waals surface area contributed by atoms with E-state index in [0.717, 1.165) is 25.9 Å². The van der Waals surface area contributed by atoms with Crippen molar-refractivity contribution >= 4 is 16.8 Å². The molecule has 4 heteroatoms. The quantitative estimate of drug-likeness (QED) is 0.874. The Kier molecular flexibility index (Phi) is 5.07. The monoisotopic (exact) mass is 339 g/mol. The van der Waals surface area contributed by atoms with Gasteiger partial charge in [0.05, 0.1) is 0 Å². The molecule has 4 rings (SSSR count). The fraction of sp³-hybridized carbons (Fsp3) is 0.571. The molecule has 1 N–H and O–H groups in total. The van der Waals surface area contributed by atoms with E-state index in [4.69, 9.17) is 0 Å². The Hall–Kier alpha value is -1.81. The van der Waals surface area contributed by atoms with Crippen molar-refractivity contribution in [1.29, 1.82) is 0 Å². The van der Waals surface area contributed by atoms with Crippen molar-refractivity contribution in [2.45, 2.75) is 51.0 Å². The molecule has 2 aliphatic rings. The lowest BCUT2D eigenvalue weighted by Crippen LogP contribution is -2.42. The number of aryl methyl sites for hydroxylation is 1. The largest absolute Gasteiger partial charge is 0.361 e. The maximum absolute atomic E-state index is 12.7. The van der Waals surface area contributed by atoms with Gasteiger partial charge in [0.25, 0.3) is 0 Å². The van der Waals surface area contributed by atoms with Crippen molar-refractivity contribution in [3.8, 4) is 0 Å². The maximum atomic E-state index is 12.7. The molecule has 0 saturated carbocycles. The highest BCUT2D eigenvalue weighted by molar-refractivity contribution is 5.83. The highest BCUT2D eigenvalue weighted by atomic mass is 16.2. The molecule has 25 heavy (non-hydrogen) atoms. The highest BCUT2D eigenvalue weighted by Gasteiger charge is 2.30. The van der Waals surface area contributed by atoms with Crippen LogP contribution >= 0.6 is 0 Å². The van der Waals surface area contributed by atoms with Crippen LogP contribution in [0.3, 0.4) is 0 Å². The van der Waals surface area contributed by atoms with Gasteiger partial charge in [-0.25, -0.2) is 0 Å². The number of nitrogens with one attached hydrogen (secondary N) is 1. The number of H-pyrrole nitrogens is 1. The standard InChI is InChI=1S/C21H29N3O/c25-21(24-14-6-8-18(24)16-23-12-3-4-13-23)11-5-7-17-15-22-20-10-2-1-9-19(17)20/h1-2,9-10,15,18,22H,3-8,11-14,16H2. The average molecular weight is 339 g/mol. The number of rotatable bonds is 6. The second kappa shape index (κ2) is 7.61. The zero-order valence-electron chi connectivity index (χ0n) is 15.0. The van der Waals surface area contributed by atoms with Gasteiger partial charge in [-0.3, -0.25) is 4.79 Å². The molecular weight excluding hydrogens is 310 g/mol. The predicted octanol–water partition coefficient (Wildman–Crippen LogP) is 3.58. The summed E-state index contributed by atoms with van der Waals surface area (Å²) < 4.78 is 0. The van der Waals surface area contributed by atoms with Gasteiger partial charge in [0.1, 0.15) is 0 Å². The van der Waals surface area contributed by atoms with E-state index in [-0.39, 0.29) is 0 Å². The average Bonchev–Trinajstić information content (AvgIpc) is 3.36. The Morgan fingerprint density at radius 1 is 1.12 bits per heavy atom. The molecule has 1 amide bonds. The van der Waals surface area contributed by atoms with Crippen molar-refractivity contribution in [3.05, 3.63) is 36.0 Å². The van der Waals surface area contributed by atoms with E-state index in [0.29, 0.717) is 18.4 Å². The molecule has 2 aliphatic heterocycles. The minimum atomic E-state index is 0.363. The summed E-state index contributed by atoms with van der Waals surface area (Å²) >= 11 is 0. The molecule has 0 radical (unpaired) electrons. The first-order chi connectivity index (χ1) is 12.3. The lowest BCUT2D eigenvalue weighted by molar-refractivity contribution is -0.132. The maximum Gasteiger partial charge on any atom is 0.222 e. The molecule has 1 aromatic carbocycles. The van der Waals surface area contributed by atoms with E-state index in [2.05, 4.69) is 45.2 Å². The summed E-state index contributed by atoms with van der Waals surface area (Å²) in [5, 5.41) is 1.29. The fourth-order valence-electron chi connectivity index (χ4n) is 4.53. The number of likely N-dealkylation sites (tertiary alicyclic amines) is 2. The number of fused-ring (bicyclic) bond motifs is 1. The highest BCUT2D eigenvalue weighted by Crippen LogP contribution is 2.23. The molecule has 4 nitrogen and oxygen atoms in total. The topological polar surface area (TPSA) is 39.3 Å². The second-order valence-electron chi connectivity index (χ2n) is 7.60. The number of hydrogen-bond donors (Lipinski definition) is 1. The van der Waals surface area contributed by atoms with Crippen molar-refractivity contribution in [2.75, 3.05) is 26.2 Å². The van der Waals surface area contributed by atoms with Crippen LogP contribution in [0.5, 0.6) is 0 Å². The van der Waals surface area contributed by atoms with Gasteiger partial charge in [-0.2, -0.15) is 0 Å². The van der Waals surface area contributed by atoms with E-state index < -0.39 is 0 Å². The first kappa shape index (κ1) is 16.6. The molecule has 2 aromatic rings. The summed E-state index contributed by atoms with van der Waals surface area (Å²) in [5.41, 5.74) is 2.52. The van der Waals surface area contributed by atoms with Gasteiger partial charge in [-0.15, -0.1) is 0 Å². The van der Waals surface area contributed by atoms with Crippen LogP contribution in [-0.4, -0.2) is 52.9 Å². The molecule has 134 valence electrons. The third kappa shape index (κ3) is 3.74. The zero-order chi connectivity index (χ0) is 17.1. The van der Waals surface area contributed by atoms with Crippen LogP contribution in [0.1, 0.15) is 44.1 Å². The summed E-state index contributed by atoms with van der Waals surface area (Å²) in [6, 6.07) is 8.86. The van der Waals surface area contributed by atoms with Gasteiger partial charge in [0.15, 0.2) is 0 Å². The smallest absolute Gasteiger partial charge is 0.222 e. The lowest BCUT2D eigenvalue weighted by Gasteiger charge is -2.28. The Balaban J connectivity index is 1.29. The van der Waals surface area contributed by atoms with Crippen LogP contribution in [0.25, 0.3) is 10.9 Å². The van der Waals surface area contributed by atoms with Crippen molar-refractivity contribution in [3.63, 3.8) is 0 Å². The van der Waals surface area contributed by atoms with Crippen molar-refractivity contribution in [1.82, 2.24) is 14.8 Å². The van der Waals surface area contributed by atoms with Gasteiger partial charge in [0.2, 0.25) is 5.91 Å². The molecule has 2 fully saturated rings. The number of carbonyl (C=O) groups excluding carboxylic acids is 1. The fourth-order valence-corrected chi connectivity index (χ4v) is 4.53. The second-order valence-corrected chi connectivity index (χ2v) is 7.60. The molecule has 0 spiro atoms. The molecule has 1 unspecified atom stereocenters. The normalized spacial score (nSPS) is 21.4. The van der Waals surface area contributed by atoms with E-state index in [1.165, 1.54) is 55.2 Å². The number of amides is 1. The van der Waals surface area contributed by atoms with Crippen LogP contribution in [0.4, 0.5) is 0 Å². The summed E-state index contributed by atoms with van der Waals surface area (Å²) in [6.45, 7) is 4.50. The van der Waals surface area contributed by atoms with Crippen LogP contribution in [-0.2, 0) is 11.2 Å². The molecule has 2 saturated heterocycles. The third-order valence-corrected chi connectivity index (χ3v) is 5.88. The summed E-state index contributed by atoms with van der Waals surface area (Å²) in [4.78, 5) is 20.8. The number of para-hydroxylation sites is 1. The number of carbonyl (C=O) groups is 1. The van der Waals surface area contributed by atoms with Crippen LogP contribution in [0, 0.1) is 0 Å². The Morgan fingerprint density at radius 3 is 2.84 bits per heavy atom. The summed E-state index contributed by atoms with van der Waals surface area (Å²) in [7, 11) is 0. The van der Waals surface area contributed by atoms with E-state index >= 15 is 0 Å². The molecule has 0 bridgehead atoms. The van der Waals surface area contributed by atoms with Crippen LogP contribution in [0.15, 0.2) is 30.5 Å². The molecule has 1 aromatic heterocycles. The van der Waals surface area contributed by atoms with E-state index in [1.54, 1.807) is 0 Å².